The predicted octanol–water partition coefficient (Wildman–Crippen LogP) is 4.22. The lowest BCUT2D eigenvalue weighted by Gasteiger charge is -2.22. The van der Waals surface area contributed by atoms with E-state index in [0.29, 0.717) is 39.8 Å². The molecular weight excluding hydrogens is 493 g/mol. The number of aliphatic hydroxyl groups is 1. The molecular formula is C25H18F3N4O3S-. The molecule has 1 aliphatic rings. The van der Waals surface area contributed by atoms with Crippen molar-refractivity contribution in [1.29, 1.82) is 0 Å². The van der Waals surface area contributed by atoms with Gasteiger partial charge in [0.05, 0.1) is 22.1 Å². The summed E-state index contributed by atoms with van der Waals surface area (Å²) in [7, 11) is 0. The third-order valence-corrected chi connectivity index (χ3v) is 7.14. The van der Waals surface area contributed by atoms with Crippen LogP contribution in [0.4, 0.5) is 24.8 Å². The molecule has 0 radical (unpaired) electrons. The molecule has 11 heteroatoms. The van der Waals surface area contributed by atoms with E-state index in [0.717, 1.165) is 29.5 Å². The van der Waals surface area contributed by atoms with E-state index in [4.69, 9.17) is 0 Å². The van der Waals surface area contributed by atoms with Crippen molar-refractivity contribution in [3.8, 4) is 10.6 Å². The Hall–Kier alpha value is -3.83. The number of carbonyl (C=O) groups is 1. The number of aromatic nitrogens is 3. The molecule has 3 heterocycles. The quantitative estimate of drug-likeness (QED) is 0.413. The summed E-state index contributed by atoms with van der Waals surface area (Å²) in [4.78, 5) is 24.8. The first-order valence-electron chi connectivity index (χ1n) is 10.9. The number of aromatic carboxylic acids is 1. The van der Waals surface area contributed by atoms with Crippen LogP contribution < -0.4 is 10.4 Å². The second-order valence-electron chi connectivity index (χ2n) is 8.52. The zero-order chi connectivity index (χ0) is 25.7. The van der Waals surface area contributed by atoms with Gasteiger partial charge in [0, 0.05) is 12.4 Å². The van der Waals surface area contributed by atoms with Gasteiger partial charge in [-0.2, -0.15) is 13.2 Å². The summed E-state index contributed by atoms with van der Waals surface area (Å²) in [5.74, 6) is -1.03. The van der Waals surface area contributed by atoms with Gasteiger partial charge in [0.15, 0.2) is 0 Å². The average molecular weight is 512 g/mol. The van der Waals surface area contributed by atoms with Gasteiger partial charge in [0.1, 0.15) is 22.2 Å². The van der Waals surface area contributed by atoms with Crippen molar-refractivity contribution in [3.05, 3.63) is 87.7 Å². The molecule has 2 N–H and O–H groups in total. The minimum absolute atomic E-state index is 0.000494. The molecule has 3 aromatic heterocycles. The molecule has 0 saturated heterocycles. The number of alkyl halides is 3. The SMILES string of the molecule is Cc1cc(Nc2cc(C(F)(F)F)ccn2)nc(-c2cnc(C3(O)CCc4ccc(C(=O)[O-])cc43)s2)c1. The minimum Gasteiger partial charge on any atom is -0.545 e. The van der Waals surface area contributed by atoms with Gasteiger partial charge in [0.2, 0.25) is 0 Å². The number of rotatable bonds is 5. The lowest BCUT2D eigenvalue weighted by atomic mass is 9.95. The molecule has 5 rings (SSSR count). The standard InChI is InChI=1S/C25H19F3N4O3S/c1-13-8-18(31-21(9-13)32-20-11-16(5-7-29-20)25(26,27)28)19-12-30-23(36-19)24(35)6-4-14-2-3-15(22(33)34)10-17(14)24/h2-3,5,7-12,35H,4,6H2,1H3,(H,33,34)(H,29,31,32)/p-1. The van der Waals surface area contributed by atoms with Crippen molar-refractivity contribution >= 4 is 28.9 Å². The Kier molecular flexibility index (Phi) is 5.76. The van der Waals surface area contributed by atoms with E-state index in [1.807, 2.05) is 6.92 Å². The van der Waals surface area contributed by atoms with Crippen LogP contribution in [0.3, 0.4) is 0 Å². The van der Waals surface area contributed by atoms with Gasteiger partial charge in [-0.05, 0) is 72.4 Å². The van der Waals surface area contributed by atoms with Crippen LogP contribution in [0, 0.1) is 6.92 Å². The molecule has 7 nitrogen and oxygen atoms in total. The van der Waals surface area contributed by atoms with Crippen LogP contribution in [0.25, 0.3) is 10.6 Å². The fourth-order valence-corrected chi connectivity index (χ4v) is 5.24. The molecule has 36 heavy (non-hydrogen) atoms. The first-order chi connectivity index (χ1) is 17.0. The first kappa shape index (κ1) is 23.9. The summed E-state index contributed by atoms with van der Waals surface area (Å²) in [5.41, 5.74) is 0.341. The van der Waals surface area contributed by atoms with Gasteiger partial charge < -0.3 is 20.3 Å². The number of aryl methyl sites for hydroxylation is 2. The van der Waals surface area contributed by atoms with Crippen molar-refractivity contribution in [1.82, 2.24) is 15.0 Å². The smallest absolute Gasteiger partial charge is 0.416 e. The Bertz CT molecular complexity index is 1490. The normalized spacial score (nSPS) is 17.1. The topological polar surface area (TPSA) is 111 Å². The van der Waals surface area contributed by atoms with Gasteiger partial charge >= 0.3 is 6.18 Å². The minimum atomic E-state index is -4.50. The van der Waals surface area contributed by atoms with E-state index in [2.05, 4.69) is 20.3 Å². The number of carboxylic acids is 1. The molecule has 0 fully saturated rings. The molecule has 0 aliphatic heterocycles. The molecule has 184 valence electrons. The Labute approximate surface area is 207 Å². The zero-order valence-corrected chi connectivity index (χ0v) is 19.6. The number of carboxylic acid groups (broad SMARTS) is 1. The number of nitrogens with zero attached hydrogens (tertiary/aromatic N) is 3. The van der Waals surface area contributed by atoms with Crippen LogP contribution in [-0.4, -0.2) is 26.0 Å². The number of pyridine rings is 2. The van der Waals surface area contributed by atoms with Gasteiger partial charge in [0.25, 0.3) is 0 Å². The van der Waals surface area contributed by atoms with E-state index in [9.17, 15) is 28.2 Å². The number of benzene rings is 1. The van der Waals surface area contributed by atoms with Crippen LogP contribution in [0.2, 0.25) is 0 Å². The molecule has 1 atom stereocenters. The van der Waals surface area contributed by atoms with E-state index in [1.54, 1.807) is 24.4 Å². The monoisotopic (exact) mass is 511 g/mol. The van der Waals surface area contributed by atoms with E-state index < -0.39 is 23.3 Å². The van der Waals surface area contributed by atoms with Gasteiger partial charge in [-0.25, -0.2) is 15.0 Å². The highest BCUT2D eigenvalue weighted by molar-refractivity contribution is 7.15. The maximum atomic E-state index is 13.0. The number of anilines is 2. The fourth-order valence-electron chi connectivity index (χ4n) is 4.23. The summed E-state index contributed by atoms with van der Waals surface area (Å²) in [6, 6.07) is 9.82. The summed E-state index contributed by atoms with van der Waals surface area (Å²) in [6.07, 6.45) is -0.948. The molecule has 1 unspecified atom stereocenters. The second kappa shape index (κ2) is 8.68. The number of hydrogen-bond donors (Lipinski definition) is 2. The maximum absolute atomic E-state index is 13.0. The summed E-state index contributed by atoms with van der Waals surface area (Å²) < 4.78 is 39.1. The number of carbonyl (C=O) groups excluding carboxylic acids is 1. The number of halogens is 3. The lowest BCUT2D eigenvalue weighted by Crippen LogP contribution is -2.26. The second-order valence-corrected chi connectivity index (χ2v) is 9.55. The molecule has 0 spiro atoms. The van der Waals surface area contributed by atoms with Crippen LogP contribution in [0.5, 0.6) is 0 Å². The van der Waals surface area contributed by atoms with Crippen molar-refractivity contribution < 1.29 is 28.2 Å². The third-order valence-electron chi connectivity index (χ3n) is 5.97. The highest BCUT2D eigenvalue weighted by atomic mass is 32.1. The fraction of sp³-hybridized carbons (Fsp3) is 0.200. The molecule has 1 aromatic carbocycles. The number of hydrogen-bond acceptors (Lipinski definition) is 8. The molecule has 0 saturated carbocycles. The average Bonchev–Trinajstić information content (AvgIpc) is 3.45. The Balaban J connectivity index is 1.46. The Morgan fingerprint density at radius 3 is 2.69 bits per heavy atom. The van der Waals surface area contributed by atoms with E-state index >= 15 is 0 Å². The molecule has 1 aliphatic carbocycles. The highest BCUT2D eigenvalue weighted by Crippen LogP contribution is 2.45. The van der Waals surface area contributed by atoms with Crippen LogP contribution in [0.15, 0.2) is 54.9 Å². The van der Waals surface area contributed by atoms with Crippen LogP contribution >= 0.6 is 11.3 Å². The zero-order valence-electron chi connectivity index (χ0n) is 18.8. The highest BCUT2D eigenvalue weighted by Gasteiger charge is 2.41. The van der Waals surface area contributed by atoms with Gasteiger partial charge in [-0.1, -0.05) is 12.1 Å². The lowest BCUT2D eigenvalue weighted by molar-refractivity contribution is -0.255. The van der Waals surface area contributed by atoms with Crippen molar-refractivity contribution in [2.24, 2.45) is 0 Å². The third kappa shape index (κ3) is 4.42. The summed E-state index contributed by atoms with van der Waals surface area (Å²) in [6.45, 7) is 1.82. The summed E-state index contributed by atoms with van der Waals surface area (Å²) in [5, 5.41) is 26.0. The summed E-state index contributed by atoms with van der Waals surface area (Å²) >= 11 is 1.21. The Morgan fingerprint density at radius 1 is 1.14 bits per heavy atom. The predicted molar refractivity (Wildman–Crippen MR) is 125 cm³/mol. The van der Waals surface area contributed by atoms with Crippen LogP contribution in [-0.2, 0) is 18.2 Å². The van der Waals surface area contributed by atoms with E-state index in [1.165, 1.54) is 23.5 Å². The van der Waals surface area contributed by atoms with Crippen LogP contribution in [0.1, 0.15) is 44.0 Å². The van der Waals surface area contributed by atoms with Crippen molar-refractivity contribution in [2.75, 3.05) is 5.32 Å². The van der Waals surface area contributed by atoms with Gasteiger partial charge in [-0.3, -0.25) is 0 Å². The largest absolute Gasteiger partial charge is 0.545 e. The molecule has 0 amide bonds. The maximum Gasteiger partial charge on any atom is 0.416 e. The van der Waals surface area contributed by atoms with Crippen molar-refractivity contribution in [3.63, 3.8) is 0 Å². The molecule has 0 bridgehead atoms. The first-order valence-corrected chi connectivity index (χ1v) is 11.7. The number of fused-ring (bicyclic) bond motifs is 1. The van der Waals surface area contributed by atoms with Gasteiger partial charge in [-0.15, -0.1) is 11.3 Å². The number of nitrogens with one attached hydrogen (secondary N) is 1. The Morgan fingerprint density at radius 2 is 1.94 bits per heavy atom. The number of thiazole rings is 1. The van der Waals surface area contributed by atoms with E-state index in [-0.39, 0.29) is 11.4 Å². The molecule has 4 aromatic rings. The van der Waals surface area contributed by atoms with Crippen molar-refractivity contribution in [2.45, 2.75) is 31.5 Å².